The predicted octanol–water partition coefficient (Wildman–Crippen LogP) is 5.22. The molecule has 0 radical (unpaired) electrons. The van der Waals surface area contributed by atoms with Crippen molar-refractivity contribution in [2.75, 3.05) is 20.1 Å². The first kappa shape index (κ1) is 24.0. The Morgan fingerprint density at radius 1 is 1.22 bits per heavy atom. The molecule has 0 spiro atoms. The molecule has 27 heavy (non-hydrogen) atoms. The monoisotopic (exact) mass is 375 g/mol. The molecule has 0 aromatic carbocycles. The van der Waals surface area contributed by atoms with Crippen LogP contribution in [0.15, 0.2) is 35.6 Å². The second-order valence-electron chi connectivity index (χ2n) is 8.98. The van der Waals surface area contributed by atoms with Crippen molar-refractivity contribution in [3.63, 3.8) is 0 Å². The van der Waals surface area contributed by atoms with Gasteiger partial charge < -0.3 is 15.1 Å². The van der Waals surface area contributed by atoms with E-state index in [-0.39, 0.29) is 0 Å². The minimum atomic E-state index is 0.352. The fraction of sp³-hybridized carbons (Fsp3) is 0.750. The summed E-state index contributed by atoms with van der Waals surface area (Å²) in [7, 11) is 2.10. The average Bonchev–Trinajstić information content (AvgIpc) is 2.58. The molecule has 3 heteroatoms. The first-order chi connectivity index (χ1) is 12.6. The summed E-state index contributed by atoms with van der Waals surface area (Å²) in [4.78, 5) is 4.81. The number of hydrogen-bond donors (Lipinski definition) is 1. The van der Waals surface area contributed by atoms with Crippen molar-refractivity contribution in [1.29, 1.82) is 0 Å². The van der Waals surface area contributed by atoms with Gasteiger partial charge in [0.15, 0.2) is 0 Å². The topological polar surface area (TPSA) is 18.5 Å². The molecule has 3 unspecified atom stereocenters. The maximum absolute atomic E-state index is 3.90. The lowest BCUT2D eigenvalue weighted by Crippen LogP contribution is -2.47. The van der Waals surface area contributed by atoms with Gasteiger partial charge in [0.2, 0.25) is 0 Å². The Morgan fingerprint density at radius 2 is 1.85 bits per heavy atom. The first-order valence-corrected chi connectivity index (χ1v) is 10.8. The molecule has 1 aliphatic heterocycles. The van der Waals surface area contributed by atoms with Gasteiger partial charge in [0.1, 0.15) is 0 Å². The van der Waals surface area contributed by atoms with Crippen LogP contribution in [0.1, 0.15) is 68.2 Å². The zero-order valence-electron chi connectivity index (χ0n) is 19.5. The molecule has 0 aromatic rings. The van der Waals surface area contributed by atoms with Crippen LogP contribution in [0.2, 0.25) is 0 Å². The smallest absolute Gasteiger partial charge is 0.0403 e. The summed E-state index contributed by atoms with van der Waals surface area (Å²) in [6.07, 6.45) is 6.82. The lowest BCUT2D eigenvalue weighted by Gasteiger charge is -2.34. The first-order valence-electron chi connectivity index (χ1n) is 10.8. The Hall–Kier alpha value is -1.06. The van der Waals surface area contributed by atoms with E-state index in [0.717, 1.165) is 6.54 Å². The summed E-state index contributed by atoms with van der Waals surface area (Å²) in [6.45, 7) is 24.7. The highest BCUT2D eigenvalue weighted by atomic mass is 15.2. The largest absolute Gasteiger partial charge is 0.377 e. The van der Waals surface area contributed by atoms with Gasteiger partial charge in [-0.1, -0.05) is 30.7 Å². The van der Waals surface area contributed by atoms with Crippen molar-refractivity contribution in [1.82, 2.24) is 15.1 Å². The van der Waals surface area contributed by atoms with Gasteiger partial charge in [0.05, 0.1) is 0 Å². The van der Waals surface area contributed by atoms with E-state index in [1.807, 2.05) is 6.20 Å². The van der Waals surface area contributed by atoms with Gasteiger partial charge >= 0.3 is 0 Å². The molecular weight excluding hydrogens is 330 g/mol. The van der Waals surface area contributed by atoms with Crippen molar-refractivity contribution in [2.45, 2.75) is 92.4 Å². The van der Waals surface area contributed by atoms with Crippen LogP contribution in [0.5, 0.6) is 0 Å². The summed E-state index contributed by atoms with van der Waals surface area (Å²) in [5.41, 5.74) is 4.50. The van der Waals surface area contributed by atoms with Crippen molar-refractivity contribution in [3.8, 4) is 0 Å². The highest BCUT2D eigenvalue weighted by Gasteiger charge is 2.22. The molecule has 1 heterocycles. The third kappa shape index (κ3) is 7.12. The van der Waals surface area contributed by atoms with E-state index in [0.29, 0.717) is 30.1 Å². The number of nitrogens with one attached hydrogen (secondary N) is 1. The molecule has 0 aromatic heterocycles. The molecule has 0 saturated heterocycles. The normalized spacial score (nSPS) is 28.2. The van der Waals surface area contributed by atoms with E-state index in [9.17, 15) is 0 Å². The van der Waals surface area contributed by atoms with Crippen molar-refractivity contribution < 1.29 is 0 Å². The van der Waals surface area contributed by atoms with Gasteiger partial charge in [-0.05, 0) is 85.5 Å². The molecule has 0 aliphatic carbocycles. The molecule has 0 saturated carbocycles. The summed E-state index contributed by atoms with van der Waals surface area (Å²) < 4.78 is 0. The molecule has 0 amide bonds. The van der Waals surface area contributed by atoms with Gasteiger partial charge in [-0.15, -0.1) is 0 Å². The van der Waals surface area contributed by atoms with Crippen LogP contribution in [0.3, 0.4) is 0 Å². The molecule has 4 atom stereocenters. The van der Waals surface area contributed by atoms with Gasteiger partial charge in [-0.25, -0.2) is 0 Å². The highest BCUT2D eigenvalue weighted by Crippen LogP contribution is 2.26. The van der Waals surface area contributed by atoms with Crippen LogP contribution in [0.4, 0.5) is 0 Å². The Morgan fingerprint density at radius 3 is 2.41 bits per heavy atom. The number of hydrogen-bond acceptors (Lipinski definition) is 3. The van der Waals surface area contributed by atoms with E-state index >= 15 is 0 Å². The zero-order chi connectivity index (χ0) is 20.7. The molecular formula is C24H45N3. The van der Waals surface area contributed by atoms with E-state index in [1.165, 1.54) is 30.5 Å². The highest BCUT2D eigenvalue weighted by molar-refractivity contribution is 5.38. The van der Waals surface area contributed by atoms with Crippen LogP contribution in [0, 0.1) is 5.92 Å². The van der Waals surface area contributed by atoms with Crippen molar-refractivity contribution in [3.05, 3.63) is 35.6 Å². The molecule has 156 valence electrons. The summed E-state index contributed by atoms with van der Waals surface area (Å²) >= 11 is 0. The number of allylic oxidation sites excluding steroid dienone is 1. The van der Waals surface area contributed by atoms with Crippen LogP contribution >= 0.6 is 0 Å². The van der Waals surface area contributed by atoms with Gasteiger partial charge in [-0.3, -0.25) is 0 Å². The Kier molecular flexibility index (Phi) is 9.83. The molecule has 3 nitrogen and oxygen atoms in total. The molecule has 1 rings (SSSR count). The fourth-order valence-electron chi connectivity index (χ4n) is 4.37. The Balaban J connectivity index is 3.02. The maximum Gasteiger partial charge on any atom is 0.0403 e. The lowest BCUT2D eigenvalue weighted by atomic mass is 9.89. The maximum atomic E-state index is 3.90. The second kappa shape index (κ2) is 11.1. The molecule has 0 fully saturated rings. The summed E-state index contributed by atoms with van der Waals surface area (Å²) in [5, 5.41) is 3.85. The van der Waals surface area contributed by atoms with Gasteiger partial charge in [0.25, 0.3) is 0 Å². The number of nitrogens with zero attached hydrogens (tertiary/aromatic N) is 2. The average molecular weight is 376 g/mol. The zero-order valence-corrected chi connectivity index (χ0v) is 19.5. The minimum Gasteiger partial charge on any atom is -0.377 e. The Labute approximate surface area is 169 Å². The second-order valence-corrected chi connectivity index (χ2v) is 8.98. The third-order valence-electron chi connectivity index (χ3n) is 6.27. The summed E-state index contributed by atoms with van der Waals surface area (Å²) in [6, 6.07) is 1.77. The van der Waals surface area contributed by atoms with Gasteiger partial charge in [-0.2, -0.15) is 0 Å². The van der Waals surface area contributed by atoms with Crippen LogP contribution in [-0.2, 0) is 0 Å². The lowest BCUT2D eigenvalue weighted by molar-refractivity contribution is 0.202. The van der Waals surface area contributed by atoms with E-state index in [4.69, 9.17) is 0 Å². The summed E-state index contributed by atoms with van der Waals surface area (Å²) in [5.74, 6) is 0.573. The van der Waals surface area contributed by atoms with Gasteiger partial charge in [0, 0.05) is 37.8 Å². The van der Waals surface area contributed by atoms with E-state index in [1.54, 1.807) is 5.57 Å². The molecule has 1 N–H and O–H groups in total. The number of likely N-dealkylation sites (N-methyl/N-ethyl adjacent to an activating group) is 1. The SMILES string of the molecule is C=CN(C)[C@H](C)C(C)NC(C)C1=C(\C)CCCN(C(C)C)CC(C)/C=C\1C. The predicted molar refractivity (Wildman–Crippen MR) is 121 cm³/mol. The Bertz CT molecular complexity index is 532. The van der Waals surface area contributed by atoms with E-state index in [2.05, 4.69) is 90.2 Å². The fourth-order valence-corrected chi connectivity index (χ4v) is 4.37. The van der Waals surface area contributed by atoms with Crippen LogP contribution in [0.25, 0.3) is 0 Å². The van der Waals surface area contributed by atoms with E-state index < -0.39 is 0 Å². The third-order valence-corrected chi connectivity index (χ3v) is 6.27. The molecule has 1 aliphatic rings. The van der Waals surface area contributed by atoms with Crippen LogP contribution in [-0.4, -0.2) is 54.1 Å². The van der Waals surface area contributed by atoms with Crippen molar-refractivity contribution >= 4 is 0 Å². The van der Waals surface area contributed by atoms with Crippen LogP contribution < -0.4 is 5.32 Å². The molecule has 0 bridgehead atoms. The number of rotatable bonds is 7. The quantitative estimate of drug-likeness (QED) is 0.658. The minimum absolute atomic E-state index is 0.352. The van der Waals surface area contributed by atoms with Crippen molar-refractivity contribution in [2.24, 2.45) is 5.92 Å². The standard InChI is InChI=1S/C24H45N3/c1-11-26(10)23(9)21(7)25-22(8)24-19(5)13-12-14-27(17(2)3)16-18(4)15-20(24)6/h11,15,17-18,21-23,25H,1,12-14,16H2,2-10H3/b20-15-,24-19+/t18?,21?,22?,23-/m1/s1.